The van der Waals surface area contributed by atoms with E-state index < -0.39 is 35.2 Å². The van der Waals surface area contributed by atoms with Crippen molar-refractivity contribution in [3.8, 4) is 5.75 Å². The fraction of sp³-hybridized carbons (Fsp3) is 0.478. The van der Waals surface area contributed by atoms with Crippen molar-refractivity contribution < 1.29 is 24.2 Å². The van der Waals surface area contributed by atoms with E-state index in [2.05, 4.69) is 19.2 Å². The summed E-state index contributed by atoms with van der Waals surface area (Å²) in [5, 5.41) is 14.7. The van der Waals surface area contributed by atoms with E-state index in [0.29, 0.717) is 41.9 Å². The number of aliphatic hydroxyl groups is 1. The molecule has 2 aliphatic carbocycles. The lowest BCUT2D eigenvalue weighted by Gasteiger charge is -2.36. The molecule has 1 aromatic rings. The molecule has 2 aliphatic heterocycles. The minimum absolute atomic E-state index is 0.236. The summed E-state index contributed by atoms with van der Waals surface area (Å²) < 4.78 is 11.6. The van der Waals surface area contributed by atoms with Crippen molar-refractivity contribution in [2.24, 2.45) is 5.73 Å². The third-order valence-corrected chi connectivity index (χ3v) is 6.66. The molecule has 1 saturated heterocycles. The molecule has 1 aromatic carbocycles. The predicted molar refractivity (Wildman–Crippen MR) is 109 cm³/mol. The Balaban J connectivity index is 1.68. The van der Waals surface area contributed by atoms with Gasteiger partial charge in [0.25, 0.3) is 5.79 Å². The third kappa shape index (κ3) is 2.37. The zero-order chi connectivity index (χ0) is 21.3. The molecule has 0 aromatic heterocycles. The first-order valence-electron chi connectivity index (χ1n) is 10.5. The first-order valence-corrected chi connectivity index (χ1v) is 10.5. The van der Waals surface area contributed by atoms with Crippen molar-refractivity contribution in [3.05, 3.63) is 52.6 Å². The van der Waals surface area contributed by atoms with E-state index in [0.717, 1.165) is 12.0 Å². The lowest BCUT2D eigenvalue weighted by atomic mass is 9.80. The first kappa shape index (κ1) is 19.5. The number of nitrogens with one attached hydrogen (secondary N) is 1. The van der Waals surface area contributed by atoms with Gasteiger partial charge in [-0.3, -0.25) is 9.59 Å². The lowest BCUT2D eigenvalue weighted by Crippen LogP contribution is -2.64. The van der Waals surface area contributed by atoms with Crippen LogP contribution in [0.2, 0.25) is 0 Å². The molecular weight excluding hydrogens is 384 g/mol. The number of carbonyl (C=O) groups is 2. The number of Topliss-reactive ketones (excluding diaryl/α,β-unsaturated/α-hetero) is 1. The highest BCUT2D eigenvalue weighted by Crippen LogP contribution is 2.57. The normalized spacial score (nSPS) is 34.1. The predicted octanol–water partition coefficient (Wildman–Crippen LogP) is 1.55. The van der Waals surface area contributed by atoms with Gasteiger partial charge in [-0.1, -0.05) is 38.1 Å². The molecule has 5 rings (SSSR count). The van der Waals surface area contributed by atoms with Gasteiger partial charge in [-0.2, -0.15) is 0 Å². The maximum Gasteiger partial charge on any atom is 0.270 e. The molecule has 4 atom stereocenters. The highest BCUT2D eigenvalue weighted by molar-refractivity contribution is 6.13. The van der Waals surface area contributed by atoms with Crippen molar-refractivity contribution in [1.82, 2.24) is 5.32 Å². The topological polar surface area (TPSA) is 111 Å². The SMILES string of the molecule is CC(C)c1ccc2c(c1)OC1(O)C3=C(C(=O)C21NC(=O)C1CCCO1)C(N)CC=C3. The van der Waals surface area contributed by atoms with Crippen molar-refractivity contribution in [3.63, 3.8) is 0 Å². The van der Waals surface area contributed by atoms with E-state index in [4.69, 9.17) is 15.2 Å². The summed E-state index contributed by atoms with van der Waals surface area (Å²) in [6.45, 7) is 4.60. The first-order chi connectivity index (χ1) is 14.3. The number of carbonyl (C=O) groups excluding carboxylic acids is 2. The fourth-order valence-electron chi connectivity index (χ4n) is 5.03. The molecule has 0 radical (unpaired) electrons. The number of amides is 1. The molecule has 30 heavy (non-hydrogen) atoms. The van der Waals surface area contributed by atoms with Gasteiger partial charge in [0.15, 0.2) is 5.78 Å². The van der Waals surface area contributed by atoms with E-state index >= 15 is 0 Å². The zero-order valence-electron chi connectivity index (χ0n) is 17.1. The standard InChI is InChI=1S/C23H26N2O5/c1-12(2)13-8-9-14-18(11-13)30-23(28)15-5-3-6-16(24)19(15)20(26)22(14,23)25-21(27)17-7-4-10-29-17/h3,5,8-9,11-12,16-17,28H,4,6-7,10,24H2,1-2H3,(H,25,27). The second kappa shape index (κ2) is 6.51. The van der Waals surface area contributed by atoms with Gasteiger partial charge in [-0.15, -0.1) is 0 Å². The molecule has 1 amide bonds. The van der Waals surface area contributed by atoms with E-state index in [-0.39, 0.29) is 5.92 Å². The van der Waals surface area contributed by atoms with Gasteiger partial charge in [0.05, 0.1) is 0 Å². The molecular formula is C23H26N2O5. The Labute approximate surface area is 174 Å². The van der Waals surface area contributed by atoms with E-state index in [1.54, 1.807) is 12.1 Å². The number of benzene rings is 1. The van der Waals surface area contributed by atoms with Crippen molar-refractivity contribution in [1.29, 1.82) is 0 Å². The number of hydrogen-bond acceptors (Lipinski definition) is 6. The Morgan fingerprint density at radius 2 is 2.17 bits per heavy atom. The van der Waals surface area contributed by atoms with Crippen LogP contribution >= 0.6 is 0 Å². The van der Waals surface area contributed by atoms with Gasteiger partial charge in [-0.05, 0) is 36.8 Å². The summed E-state index contributed by atoms with van der Waals surface area (Å²) in [5.74, 6) is -2.27. The number of hydrogen-bond donors (Lipinski definition) is 3. The molecule has 7 heteroatoms. The molecule has 4 N–H and O–H groups in total. The van der Waals surface area contributed by atoms with Crippen LogP contribution in [0.4, 0.5) is 0 Å². The smallest absolute Gasteiger partial charge is 0.270 e. The van der Waals surface area contributed by atoms with Crippen LogP contribution < -0.4 is 15.8 Å². The largest absolute Gasteiger partial charge is 0.454 e. The number of ether oxygens (including phenoxy) is 2. The molecule has 0 saturated carbocycles. The second-order valence-corrected chi connectivity index (χ2v) is 8.80. The van der Waals surface area contributed by atoms with E-state index in [9.17, 15) is 14.7 Å². The average Bonchev–Trinajstić information content (AvgIpc) is 3.37. The van der Waals surface area contributed by atoms with Crippen LogP contribution in [-0.4, -0.2) is 41.3 Å². The Bertz CT molecular complexity index is 1010. The number of nitrogens with two attached hydrogens (primary N) is 1. The number of ketones is 1. The molecule has 2 heterocycles. The van der Waals surface area contributed by atoms with Crippen molar-refractivity contribution in [2.45, 2.75) is 62.5 Å². The molecule has 4 unspecified atom stereocenters. The highest BCUT2D eigenvalue weighted by Gasteiger charge is 2.72. The third-order valence-electron chi connectivity index (χ3n) is 6.66. The van der Waals surface area contributed by atoms with Gasteiger partial charge >= 0.3 is 0 Å². The van der Waals surface area contributed by atoms with Crippen molar-refractivity contribution >= 4 is 11.7 Å². The fourth-order valence-corrected chi connectivity index (χ4v) is 5.03. The lowest BCUT2D eigenvalue weighted by molar-refractivity contribution is -0.164. The van der Waals surface area contributed by atoms with E-state index in [1.165, 1.54) is 0 Å². The molecule has 7 nitrogen and oxygen atoms in total. The Kier molecular flexibility index (Phi) is 4.23. The van der Waals surface area contributed by atoms with Gasteiger partial charge in [0.2, 0.25) is 11.4 Å². The van der Waals surface area contributed by atoms with Gasteiger partial charge in [-0.25, -0.2) is 0 Å². The van der Waals surface area contributed by atoms with Crippen molar-refractivity contribution in [2.75, 3.05) is 6.61 Å². The van der Waals surface area contributed by atoms with Gasteiger partial charge in [0.1, 0.15) is 11.9 Å². The van der Waals surface area contributed by atoms with Crippen LogP contribution in [0.5, 0.6) is 5.75 Å². The zero-order valence-corrected chi connectivity index (χ0v) is 17.1. The Morgan fingerprint density at radius 3 is 2.87 bits per heavy atom. The van der Waals surface area contributed by atoms with Crippen LogP contribution in [0.25, 0.3) is 0 Å². The van der Waals surface area contributed by atoms with Crippen LogP contribution in [0.15, 0.2) is 41.5 Å². The average molecular weight is 410 g/mol. The summed E-state index contributed by atoms with van der Waals surface area (Å²) in [7, 11) is 0. The summed E-state index contributed by atoms with van der Waals surface area (Å²) in [4.78, 5) is 26.9. The van der Waals surface area contributed by atoms with Gasteiger partial charge < -0.3 is 25.6 Å². The summed E-state index contributed by atoms with van der Waals surface area (Å²) in [5.41, 5.74) is 6.54. The van der Waals surface area contributed by atoms with Crippen LogP contribution in [0, 0.1) is 0 Å². The monoisotopic (exact) mass is 410 g/mol. The molecule has 158 valence electrons. The van der Waals surface area contributed by atoms with Crippen LogP contribution in [0.3, 0.4) is 0 Å². The molecule has 0 spiro atoms. The molecule has 1 fully saturated rings. The maximum absolute atomic E-state index is 13.8. The molecule has 4 aliphatic rings. The van der Waals surface area contributed by atoms with Crippen LogP contribution in [0.1, 0.15) is 50.2 Å². The van der Waals surface area contributed by atoms with E-state index in [1.807, 2.05) is 18.2 Å². The Morgan fingerprint density at radius 1 is 1.37 bits per heavy atom. The Hall–Kier alpha value is -2.48. The highest BCUT2D eigenvalue weighted by atomic mass is 16.6. The van der Waals surface area contributed by atoms with Crippen LogP contribution in [-0.2, 0) is 19.9 Å². The van der Waals surface area contributed by atoms with Gasteiger partial charge in [0, 0.05) is 29.4 Å². The summed E-state index contributed by atoms with van der Waals surface area (Å²) >= 11 is 0. The summed E-state index contributed by atoms with van der Waals surface area (Å²) in [6.07, 6.45) is 4.68. The second-order valence-electron chi connectivity index (χ2n) is 8.80. The molecule has 0 bridgehead atoms. The summed E-state index contributed by atoms with van der Waals surface area (Å²) in [6, 6.07) is 4.93. The quantitative estimate of drug-likeness (QED) is 0.697. The number of rotatable bonds is 3. The minimum Gasteiger partial charge on any atom is -0.454 e. The maximum atomic E-state index is 13.8. The number of fused-ring (bicyclic) bond motifs is 4. The minimum atomic E-state index is -2.06.